The number of halogens is 2. The number of carbonyl (C=O) groups is 1. The molecule has 0 aliphatic heterocycles. The molecule has 0 unspecified atom stereocenters. The average Bonchev–Trinajstić information content (AvgIpc) is 2.91. The molecule has 3 aromatic rings. The van der Waals surface area contributed by atoms with Crippen molar-refractivity contribution in [1.29, 1.82) is 0 Å². The highest BCUT2D eigenvalue weighted by molar-refractivity contribution is 7.16. The van der Waals surface area contributed by atoms with Crippen molar-refractivity contribution in [3.05, 3.63) is 51.0 Å². The van der Waals surface area contributed by atoms with E-state index in [-0.39, 0.29) is 17.1 Å². The standard InChI is InChI=1S/C14H12ClFN4OS/c1-7-11(20-14(18-7)22-8(2)19-20)6-17-13(21)12-9(15)4-3-5-10(12)16/h3-5H,6H2,1-2H3,(H,17,21). The number of benzene rings is 1. The van der Waals surface area contributed by atoms with Gasteiger partial charge in [-0.1, -0.05) is 29.0 Å². The number of hydrogen-bond acceptors (Lipinski definition) is 4. The number of nitrogens with one attached hydrogen (secondary N) is 1. The molecule has 0 atom stereocenters. The number of fused-ring (bicyclic) bond motifs is 1. The third-order valence-corrected chi connectivity index (χ3v) is 4.34. The quantitative estimate of drug-likeness (QED) is 0.798. The maximum absolute atomic E-state index is 13.7. The van der Waals surface area contributed by atoms with Crippen LogP contribution >= 0.6 is 22.9 Å². The molecule has 22 heavy (non-hydrogen) atoms. The molecule has 8 heteroatoms. The van der Waals surface area contributed by atoms with E-state index in [0.717, 1.165) is 21.4 Å². The Morgan fingerprint density at radius 3 is 2.95 bits per heavy atom. The summed E-state index contributed by atoms with van der Waals surface area (Å²) >= 11 is 7.36. The Bertz CT molecular complexity index is 853. The minimum absolute atomic E-state index is 0.0807. The van der Waals surface area contributed by atoms with Gasteiger partial charge in [0.05, 0.1) is 28.5 Å². The van der Waals surface area contributed by atoms with Gasteiger partial charge in [-0.25, -0.2) is 13.9 Å². The lowest BCUT2D eigenvalue weighted by atomic mass is 10.2. The molecule has 114 valence electrons. The predicted molar refractivity (Wildman–Crippen MR) is 82.9 cm³/mol. The fraction of sp³-hybridized carbons (Fsp3) is 0.214. The number of carbonyl (C=O) groups excluding carboxylic acids is 1. The molecule has 0 aliphatic carbocycles. The summed E-state index contributed by atoms with van der Waals surface area (Å²) in [6.45, 7) is 3.92. The lowest BCUT2D eigenvalue weighted by Crippen LogP contribution is -2.25. The van der Waals surface area contributed by atoms with Gasteiger partial charge in [-0.15, -0.1) is 0 Å². The maximum Gasteiger partial charge on any atom is 0.256 e. The predicted octanol–water partition coefficient (Wildman–Crippen LogP) is 3.13. The van der Waals surface area contributed by atoms with E-state index < -0.39 is 11.7 Å². The van der Waals surface area contributed by atoms with Crippen molar-refractivity contribution in [2.24, 2.45) is 0 Å². The summed E-state index contributed by atoms with van der Waals surface area (Å²) in [5.74, 6) is -1.21. The van der Waals surface area contributed by atoms with Gasteiger partial charge in [0.25, 0.3) is 5.91 Å². The zero-order chi connectivity index (χ0) is 15.9. The molecular formula is C14H12ClFN4OS. The molecule has 1 N–H and O–H groups in total. The monoisotopic (exact) mass is 338 g/mol. The van der Waals surface area contributed by atoms with Crippen LogP contribution in [-0.4, -0.2) is 20.5 Å². The van der Waals surface area contributed by atoms with Gasteiger partial charge in [-0.05, 0) is 26.0 Å². The first-order chi connectivity index (χ1) is 10.5. The van der Waals surface area contributed by atoms with E-state index in [4.69, 9.17) is 11.6 Å². The Labute approximate surface area is 134 Å². The molecule has 0 radical (unpaired) electrons. The second kappa shape index (κ2) is 5.66. The largest absolute Gasteiger partial charge is 0.346 e. The summed E-state index contributed by atoms with van der Waals surface area (Å²) in [6, 6.07) is 4.13. The third kappa shape index (κ3) is 2.57. The number of amides is 1. The highest BCUT2D eigenvalue weighted by Crippen LogP contribution is 2.20. The molecule has 0 fully saturated rings. The van der Waals surface area contributed by atoms with Crippen LogP contribution in [-0.2, 0) is 6.54 Å². The second-order valence-electron chi connectivity index (χ2n) is 4.74. The molecule has 0 saturated heterocycles. The van der Waals surface area contributed by atoms with Crippen LogP contribution in [0.3, 0.4) is 0 Å². The summed E-state index contributed by atoms with van der Waals surface area (Å²) < 4.78 is 15.4. The number of aromatic nitrogens is 3. The van der Waals surface area contributed by atoms with E-state index in [0.29, 0.717) is 0 Å². The minimum atomic E-state index is -0.648. The van der Waals surface area contributed by atoms with Gasteiger partial charge in [0, 0.05) is 0 Å². The number of hydrogen-bond donors (Lipinski definition) is 1. The summed E-state index contributed by atoms with van der Waals surface area (Å²) in [5.41, 5.74) is 1.39. The van der Waals surface area contributed by atoms with Crippen molar-refractivity contribution >= 4 is 33.8 Å². The lowest BCUT2D eigenvalue weighted by Gasteiger charge is -2.07. The molecule has 0 saturated carbocycles. The van der Waals surface area contributed by atoms with Gasteiger partial charge in [0.15, 0.2) is 0 Å². The normalized spacial score (nSPS) is 11.1. The Hall–Kier alpha value is -1.99. The van der Waals surface area contributed by atoms with Gasteiger partial charge < -0.3 is 5.32 Å². The highest BCUT2D eigenvalue weighted by Gasteiger charge is 2.18. The van der Waals surface area contributed by atoms with Crippen molar-refractivity contribution in [2.45, 2.75) is 20.4 Å². The number of imidazole rings is 1. The third-order valence-electron chi connectivity index (χ3n) is 3.20. The van der Waals surface area contributed by atoms with Crippen molar-refractivity contribution < 1.29 is 9.18 Å². The number of rotatable bonds is 3. The van der Waals surface area contributed by atoms with E-state index >= 15 is 0 Å². The van der Waals surface area contributed by atoms with Crippen LogP contribution in [0.1, 0.15) is 26.8 Å². The Kier molecular flexibility index (Phi) is 3.84. The van der Waals surface area contributed by atoms with Gasteiger partial charge in [-0.3, -0.25) is 4.79 Å². The molecule has 2 heterocycles. The number of nitrogens with zero attached hydrogens (tertiary/aromatic N) is 3. The molecular weight excluding hydrogens is 327 g/mol. The Morgan fingerprint density at radius 1 is 1.45 bits per heavy atom. The van der Waals surface area contributed by atoms with Crippen molar-refractivity contribution in [3.63, 3.8) is 0 Å². The summed E-state index contributed by atoms with van der Waals surface area (Å²) in [6.07, 6.45) is 0. The minimum Gasteiger partial charge on any atom is -0.346 e. The van der Waals surface area contributed by atoms with E-state index in [9.17, 15) is 9.18 Å². The smallest absolute Gasteiger partial charge is 0.256 e. The van der Waals surface area contributed by atoms with Crippen LogP contribution in [0.4, 0.5) is 4.39 Å². The first-order valence-electron chi connectivity index (χ1n) is 6.51. The first kappa shape index (κ1) is 14.9. The van der Waals surface area contributed by atoms with E-state index in [1.807, 2.05) is 13.8 Å². The SMILES string of the molecule is Cc1nn2c(CNC(=O)c3c(F)cccc3Cl)c(C)nc2s1. The van der Waals surface area contributed by atoms with Crippen molar-refractivity contribution in [1.82, 2.24) is 19.9 Å². The molecule has 5 nitrogen and oxygen atoms in total. The van der Waals surface area contributed by atoms with Gasteiger partial charge in [0.2, 0.25) is 4.96 Å². The Morgan fingerprint density at radius 2 is 2.23 bits per heavy atom. The van der Waals surface area contributed by atoms with E-state index in [1.54, 1.807) is 4.52 Å². The topological polar surface area (TPSA) is 59.3 Å². The van der Waals surface area contributed by atoms with Gasteiger partial charge >= 0.3 is 0 Å². The van der Waals surface area contributed by atoms with Crippen LogP contribution < -0.4 is 5.32 Å². The second-order valence-corrected chi connectivity index (χ2v) is 6.31. The fourth-order valence-corrected chi connectivity index (χ4v) is 3.21. The first-order valence-corrected chi connectivity index (χ1v) is 7.70. The van der Waals surface area contributed by atoms with Crippen LogP contribution in [0.2, 0.25) is 5.02 Å². The zero-order valence-corrected chi connectivity index (χ0v) is 13.4. The van der Waals surface area contributed by atoms with Crippen LogP contribution in [0.15, 0.2) is 18.2 Å². The Balaban J connectivity index is 1.85. The number of aryl methyl sites for hydroxylation is 2. The average molecular weight is 339 g/mol. The molecule has 0 aliphatic rings. The van der Waals surface area contributed by atoms with Gasteiger partial charge in [0.1, 0.15) is 10.8 Å². The van der Waals surface area contributed by atoms with E-state index in [2.05, 4.69) is 15.4 Å². The fourth-order valence-electron chi connectivity index (χ4n) is 2.16. The van der Waals surface area contributed by atoms with Gasteiger partial charge in [-0.2, -0.15) is 5.10 Å². The summed E-state index contributed by atoms with van der Waals surface area (Å²) in [5, 5.41) is 7.97. The van der Waals surface area contributed by atoms with Crippen molar-refractivity contribution in [2.75, 3.05) is 0 Å². The summed E-state index contributed by atoms with van der Waals surface area (Å²) in [7, 11) is 0. The summed E-state index contributed by atoms with van der Waals surface area (Å²) in [4.78, 5) is 17.3. The molecule has 1 aromatic carbocycles. The lowest BCUT2D eigenvalue weighted by molar-refractivity contribution is 0.0946. The molecule has 3 rings (SSSR count). The molecule has 0 spiro atoms. The van der Waals surface area contributed by atoms with Crippen LogP contribution in [0.25, 0.3) is 4.96 Å². The highest BCUT2D eigenvalue weighted by atomic mass is 35.5. The van der Waals surface area contributed by atoms with Crippen molar-refractivity contribution in [3.8, 4) is 0 Å². The van der Waals surface area contributed by atoms with Crippen LogP contribution in [0.5, 0.6) is 0 Å². The van der Waals surface area contributed by atoms with E-state index in [1.165, 1.54) is 29.5 Å². The molecule has 2 aromatic heterocycles. The molecule has 0 bridgehead atoms. The molecule has 1 amide bonds. The van der Waals surface area contributed by atoms with Crippen LogP contribution in [0, 0.1) is 19.7 Å². The maximum atomic E-state index is 13.7. The zero-order valence-electron chi connectivity index (χ0n) is 11.9.